The molecule has 1 fully saturated rings. The minimum atomic E-state index is -5.08. The quantitative estimate of drug-likeness (QED) is 0.0191. The molecule has 0 aromatic carbocycles. The van der Waals surface area contributed by atoms with Crippen molar-refractivity contribution in [3.8, 4) is 0 Å². The lowest BCUT2D eigenvalue weighted by molar-refractivity contribution is -0.193. The number of alkyl halides is 6. The molecule has 0 bridgehead atoms. The van der Waals surface area contributed by atoms with E-state index in [1.165, 1.54) is 12.2 Å². The molecule has 2 heterocycles. The van der Waals surface area contributed by atoms with Crippen molar-refractivity contribution in [1.82, 2.24) is 35.1 Å². The van der Waals surface area contributed by atoms with Gasteiger partial charge in [-0.25, -0.2) is 9.59 Å². The lowest BCUT2D eigenvalue weighted by Crippen LogP contribution is -2.50. The van der Waals surface area contributed by atoms with Crippen LogP contribution >= 0.6 is 0 Å². The molecular weight excluding hydrogens is 1700 g/mol. The fourth-order valence-corrected chi connectivity index (χ4v) is 9.46. The maximum Gasteiger partial charge on any atom is 0.490 e. The Kier molecular flexibility index (Phi) is 81.4. The topological polar surface area (TPSA) is 507 Å². The van der Waals surface area contributed by atoms with Gasteiger partial charge in [-0.05, 0) is 0 Å². The molecule has 0 unspecified atom stereocenters. The molecule has 44 nitrogen and oxygen atoms in total. The molecule has 2 aliphatic rings. The molecular formula is C75H133F6N7O37. The van der Waals surface area contributed by atoms with Crippen LogP contribution in [0.2, 0.25) is 0 Å². The van der Waals surface area contributed by atoms with Crippen LogP contribution in [0, 0.1) is 0 Å². The van der Waals surface area contributed by atoms with Crippen LogP contribution < -0.4 is 10.6 Å². The first-order chi connectivity index (χ1) is 60.3. The van der Waals surface area contributed by atoms with Crippen molar-refractivity contribution in [3.63, 3.8) is 0 Å². The zero-order valence-corrected chi connectivity index (χ0v) is 71.3. The number of rotatable bonds is 83. The molecule has 0 aromatic heterocycles. The van der Waals surface area contributed by atoms with Gasteiger partial charge in [0.2, 0.25) is 11.8 Å². The van der Waals surface area contributed by atoms with Gasteiger partial charge in [-0.2, -0.15) is 26.3 Å². The lowest BCUT2D eigenvalue weighted by atomic mass is 10.3. The van der Waals surface area contributed by atoms with Crippen LogP contribution in [0.1, 0.15) is 6.42 Å². The summed E-state index contributed by atoms with van der Waals surface area (Å²) in [6, 6.07) is 0. The van der Waals surface area contributed by atoms with E-state index in [1.807, 2.05) is 4.90 Å². The minimum absolute atomic E-state index is 0.0223. The number of aliphatic carboxylic acids is 5. The number of carbonyl (C=O) groups is 9. The summed E-state index contributed by atoms with van der Waals surface area (Å²) in [5.74, 6) is -9.91. The van der Waals surface area contributed by atoms with Crippen LogP contribution in [0.5, 0.6) is 0 Å². The first-order valence-electron chi connectivity index (χ1n) is 40.8. The maximum atomic E-state index is 12.8. The second kappa shape index (κ2) is 85.8. The SMILES string of the molecule is O=C(O)C(F)(F)F.O=C(O)C(F)(F)F.O=C(O)CN1CCN(CC(=O)O)CCN(CC(=O)NCCOCCOCCOCCOCCOCCOCCOCCOCCOCCOCCOCCOCCOCCOCCOCCOCCOCCOCCOCCOCCOCCOCCOCCNC(=O)CCN2C(=O)C=CC2=O)CCN(CC(=O)O)CC1. The number of nitrogens with one attached hydrogen (secondary N) is 2. The van der Waals surface area contributed by atoms with E-state index in [2.05, 4.69) is 10.6 Å². The monoisotopic (exact) mass is 1840 g/mol. The highest BCUT2D eigenvalue weighted by Crippen LogP contribution is 2.14. The molecule has 0 saturated carbocycles. The van der Waals surface area contributed by atoms with Crippen molar-refractivity contribution in [3.05, 3.63) is 12.2 Å². The predicted octanol–water partition coefficient (Wildman–Crippen LogP) is -2.34. The van der Waals surface area contributed by atoms with Crippen LogP contribution in [-0.4, -0.2) is 518 Å². The van der Waals surface area contributed by atoms with Gasteiger partial charge in [0.1, 0.15) is 0 Å². The number of carboxylic acids is 5. The summed E-state index contributed by atoms with van der Waals surface area (Å²) in [7, 11) is 0. The molecule has 2 rings (SSSR count). The lowest BCUT2D eigenvalue weighted by Gasteiger charge is -2.32. The molecule has 50 heteroatoms. The Bertz CT molecular complexity index is 2620. The molecule has 2 aliphatic heterocycles. The van der Waals surface area contributed by atoms with Gasteiger partial charge in [-0.15, -0.1) is 0 Å². The molecule has 0 spiro atoms. The largest absolute Gasteiger partial charge is 0.490 e. The zero-order valence-electron chi connectivity index (χ0n) is 71.3. The van der Waals surface area contributed by atoms with Crippen molar-refractivity contribution < 1.29 is 204 Å². The van der Waals surface area contributed by atoms with Crippen LogP contribution in [-0.2, 0) is 152 Å². The van der Waals surface area contributed by atoms with E-state index in [-0.39, 0.29) is 64.1 Å². The Morgan fingerprint density at radius 1 is 0.256 bits per heavy atom. The average Bonchev–Trinajstić information content (AvgIpc) is 1.73. The van der Waals surface area contributed by atoms with Gasteiger partial charge >= 0.3 is 42.2 Å². The van der Waals surface area contributed by atoms with Crippen molar-refractivity contribution in [2.45, 2.75) is 18.8 Å². The summed E-state index contributed by atoms with van der Waals surface area (Å²) >= 11 is 0. The summed E-state index contributed by atoms with van der Waals surface area (Å²) < 4.78 is 190. The van der Waals surface area contributed by atoms with Gasteiger partial charge in [-0.1, -0.05) is 0 Å². The van der Waals surface area contributed by atoms with Crippen molar-refractivity contribution >= 4 is 53.5 Å². The Morgan fingerprint density at radius 2 is 0.400 bits per heavy atom. The molecule has 1 saturated heterocycles. The maximum absolute atomic E-state index is 12.8. The highest BCUT2D eigenvalue weighted by molar-refractivity contribution is 6.13. The van der Waals surface area contributed by atoms with Crippen LogP contribution in [0.4, 0.5) is 26.3 Å². The van der Waals surface area contributed by atoms with Crippen molar-refractivity contribution in [1.29, 1.82) is 0 Å². The molecule has 7 N–H and O–H groups in total. The third kappa shape index (κ3) is 85.5. The predicted molar refractivity (Wildman–Crippen MR) is 421 cm³/mol. The number of hydrogen-bond acceptors (Lipinski definition) is 36. The number of ether oxygens (including phenoxy) is 23. The number of hydrogen-bond donors (Lipinski definition) is 7. The van der Waals surface area contributed by atoms with Crippen molar-refractivity contribution in [2.75, 3.05) is 402 Å². The Balaban J connectivity index is 0.0000100. The van der Waals surface area contributed by atoms with Gasteiger partial charge in [-0.3, -0.25) is 58.1 Å². The Labute approximate surface area is 723 Å². The molecule has 0 aromatic rings. The third-order valence-electron chi connectivity index (χ3n) is 15.6. The fourth-order valence-electron chi connectivity index (χ4n) is 9.46. The normalized spacial score (nSPS) is 14.0. The van der Waals surface area contributed by atoms with Gasteiger partial charge in [0.25, 0.3) is 11.8 Å². The van der Waals surface area contributed by atoms with E-state index in [1.54, 1.807) is 14.7 Å². The standard InChI is InChI=1S/C71H131N7O33.2C2HF3O2/c79-65(3-6-78-67(81)1-2-68(78)82)72-4-15-89-17-19-91-21-23-93-25-27-95-29-31-97-33-35-99-37-39-101-41-43-103-45-47-105-49-51-107-53-55-109-57-59-111-60-58-110-56-54-108-52-50-106-48-46-104-44-42-102-40-38-100-36-34-98-32-30-96-28-26-94-24-22-92-20-18-90-16-5-73-66(80)61-74-7-9-75(62-69(83)84)11-13-77(64-71(87)88)14-12-76(10-8-74)63-70(85)86;2*3-2(4,5)1(6)7/h1-2H,3-64H2,(H,72,79)(H,73,80)(H,83,84)(H,85,86)(H,87,88);2*(H,6,7). The van der Waals surface area contributed by atoms with Crippen LogP contribution in [0.25, 0.3) is 0 Å². The van der Waals surface area contributed by atoms with E-state index < -0.39 is 54.0 Å². The summed E-state index contributed by atoms with van der Waals surface area (Å²) in [5, 5.41) is 48.0. The molecule has 125 heavy (non-hydrogen) atoms. The van der Waals surface area contributed by atoms with Gasteiger partial charge in [0, 0.05) is 90.6 Å². The zero-order chi connectivity index (χ0) is 92.0. The van der Waals surface area contributed by atoms with Gasteiger partial charge in [0.05, 0.1) is 330 Å². The van der Waals surface area contributed by atoms with E-state index >= 15 is 0 Å². The Hall–Kier alpha value is -6.33. The highest BCUT2D eigenvalue weighted by atomic mass is 19.4. The number of nitrogens with zero attached hydrogens (tertiary/aromatic N) is 5. The van der Waals surface area contributed by atoms with Gasteiger partial charge < -0.3 is 145 Å². The average molecular weight is 1840 g/mol. The molecule has 0 radical (unpaired) electrons. The van der Waals surface area contributed by atoms with Gasteiger partial charge in [0.15, 0.2) is 0 Å². The number of halogens is 6. The highest BCUT2D eigenvalue weighted by Gasteiger charge is 2.39. The first kappa shape index (κ1) is 119. The summed E-state index contributed by atoms with van der Waals surface area (Å²) in [4.78, 5) is 108. The van der Waals surface area contributed by atoms with Crippen LogP contribution in [0.15, 0.2) is 12.2 Å². The molecule has 0 atom stereocenters. The van der Waals surface area contributed by atoms with E-state index in [0.29, 0.717) is 356 Å². The van der Waals surface area contributed by atoms with E-state index in [9.17, 15) is 75.2 Å². The van der Waals surface area contributed by atoms with Crippen molar-refractivity contribution in [2.24, 2.45) is 0 Å². The number of carboxylic acid groups (broad SMARTS) is 5. The smallest absolute Gasteiger partial charge is 0.480 e. The first-order valence-corrected chi connectivity index (χ1v) is 40.8. The Morgan fingerprint density at radius 3 is 0.552 bits per heavy atom. The third-order valence-corrected chi connectivity index (χ3v) is 15.6. The summed E-state index contributed by atoms with van der Waals surface area (Å²) in [5.41, 5.74) is 0. The van der Waals surface area contributed by atoms with E-state index in [4.69, 9.17) is 129 Å². The molecule has 4 amide bonds. The van der Waals surface area contributed by atoms with E-state index in [0.717, 1.165) is 4.90 Å². The number of amides is 4. The van der Waals surface area contributed by atoms with Crippen LogP contribution in [0.3, 0.4) is 0 Å². The number of imide groups is 1. The second-order valence-electron chi connectivity index (χ2n) is 25.6. The summed E-state index contributed by atoms with van der Waals surface area (Å²) in [6.07, 6.45) is -7.75. The fraction of sp³-hybridized carbons (Fsp3) is 0.853. The second-order valence-corrected chi connectivity index (χ2v) is 25.6. The molecule has 0 aliphatic carbocycles. The molecule has 732 valence electrons. The minimum Gasteiger partial charge on any atom is -0.480 e. The number of carbonyl (C=O) groups excluding carboxylic acids is 4. The summed E-state index contributed by atoms with van der Waals surface area (Å²) in [6.45, 7) is 22.3.